The summed E-state index contributed by atoms with van der Waals surface area (Å²) in [6, 6.07) is 21.5. The fourth-order valence-electron chi connectivity index (χ4n) is 2.85. The molecule has 0 aromatic heterocycles. The van der Waals surface area contributed by atoms with Crippen molar-refractivity contribution in [3.63, 3.8) is 0 Å². The third-order valence-electron chi connectivity index (χ3n) is 4.52. The van der Waals surface area contributed by atoms with Crippen LogP contribution in [0.4, 0.5) is 5.69 Å². The molecule has 0 unspecified atom stereocenters. The van der Waals surface area contributed by atoms with Crippen molar-refractivity contribution in [2.75, 3.05) is 7.11 Å². The number of nitro benzene ring substituents is 1. The van der Waals surface area contributed by atoms with Crippen LogP contribution >= 0.6 is 0 Å². The Labute approximate surface area is 174 Å². The van der Waals surface area contributed by atoms with E-state index in [1.165, 1.54) is 17.7 Å². The van der Waals surface area contributed by atoms with E-state index in [1.54, 1.807) is 37.5 Å². The standard InChI is InChI=1S/C24H20N2O4/c1-17-3-5-18(6-4-17)16-30-23-12-7-19(14-24(23)29-2)13-21(15-25)20-8-10-22(11-9-20)26(27)28/h3-14H,16H2,1-2H3/b21-13+. The molecule has 6 heteroatoms. The highest BCUT2D eigenvalue weighted by Crippen LogP contribution is 2.30. The van der Waals surface area contributed by atoms with E-state index in [1.807, 2.05) is 37.3 Å². The number of ether oxygens (including phenoxy) is 2. The third-order valence-corrected chi connectivity index (χ3v) is 4.52. The number of allylic oxidation sites excluding steroid dienone is 1. The number of methoxy groups -OCH3 is 1. The molecule has 3 aromatic rings. The Morgan fingerprint density at radius 3 is 2.37 bits per heavy atom. The normalized spacial score (nSPS) is 10.9. The molecule has 30 heavy (non-hydrogen) atoms. The van der Waals surface area contributed by atoms with Crippen molar-refractivity contribution in [2.24, 2.45) is 0 Å². The molecule has 3 rings (SSSR count). The van der Waals surface area contributed by atoms with Crippen molar-refractivity contribution < 1.29 is 14.4 Å². The van der Waals surface area contributed by atoms with E-state index < -0.39 is 4.92 Å². The van der Waals surface area contributed by atoms with Gasteiger partial charge < -0.3 is 9.47 Å². The molecule has 0 bridgehead atoms. The van der Waals surface area contributed by atoms with Gasteiger partial charge in [0.25, 0.3) is 5.69 Å². The summed E-state index contributed by atoms with van der Waals surface area (Å²) in [6.45, 7) is 2.45. The van der Waals surface area contributed by atoms with E-state index in [2.05, 4.69) is 6.07 Å². The van der Waals surface area contributed by atoms with E-state index in [-0.39, 0.29) is 5.69 Å². The van der Waals surface area contributed by atoms with E-state index in [4.69, 9.17) is 9.47 Å². The molecule has 0 radical (unpaired) electrons. The average Bonchev–Trinajstić information content (AvgIpc) is 2.77. The second-order valence-electron chi connectivity index (χ2n) is 6.66. The highest BCUT2D eigenvalue weighted by Gasteiger charge is 2.09. The second-order valence-corrected chi connectivity index (χ2v) is 6.66. The summed E-state index contributed by atoms with van der Waals surface area (Å²) in [5.41, 5.74) is 3.96. The average molecular weight is 400 g/mol. The Morgan fingerprint density at radius 2 is 1.77 bits per heavy atom. The minimum Gasteiger partial charge on any atom is -0.493 e. The molecule has 0 N–H and O–H groups in total. The summed E-state index contributed by atoms with van der Waals surface area (Å²) in [4.78, 5) is 10.3. The summed E-state index contributed by atoms with van der Waals surface area (Å²) >= 11 is 0. The first kappa shape index (κ1) is 20.6. The first-order chi connectivity index (χ1) is 14.5. The van der Waals surface area contributed by atoms with E-state index in [0.29, 0.717) is 29.2 Å². The van der Waals surface area contributed by atoms with Gasteiger partial charge in [0.05, 0.1) is 23.7 Å². The van der Waals surface area contributed by atoms with Gasteiger partial charge in [0.15, 0.2) is 11.5 Å². The zero-order chi connectivity index (χ0) is 21.5. The van der Waals surface area contributed by atoms with E-state index in [9.17, 15) is 15.4 Å². The Kier molecular flexibility index (Phi) is 6.46. The van der Waals surface area contributed by atoms with Crippen LogP contribution in [-0.2, 0) is 6.61 Å². The molecule has 0 heterocycles. The maximum atomic E-state index is 10.8. The Morgan fingerprint density at radius 1 is 1.07 bits per heavy atom. The molecule has 0 aliphatic carbocycles. The van der Waals surface area contributed by atoms with Crippen molar-refractivity contribution in [1.29, 1.82) is 5.26 Å². The van der Waals surface area contributed by atoms with Gasteiger partial charge in [-0.25, -0.2) is 0 Å². The minimum atomic E-state index is -0.472. The van der Waals surface area contributed by atoms with Gasteiger partial charge in [0, 0.05) is 12.1 Å². The van der Waals surface area contributed by atoms with Crippen molar-refractivity contribution in [3.05, 3.63) is 99.1 Å². The SMILES string of the molecule is COc1cc(/C=C(\C#N)c2ccc([N+](=O)[O-])cc2)ccc1OCc1ccc(C)cc1. The molecule has 6 nitrogen and oxygen atoms in total. The van der Waals surface area contributed by atoms with Gasteiger partial charge in [-0.1, -0.05) is 35.9 Å². The van der Waals surface area contributed by atoms with E-state index in [0.717, 1.165) is 11.1 Å². The molecule has 0 saturated carbocycles. The smallest absolute Gasteiger partial charge is 0.269 e. The van der Waals surface area contributed by atoms with Crippen molar-refractivity contribution in [3.8, 4) is 17.6 Å². The number of aryl methyl sites for hydroxylation is 1. The number of nitrogens with zero attached hydrogens (tertiary/aromatic N) is 2. The molecule has 0 spiro atoms. The van der Waals surface area contributed by atoms with Crippen LogP contribution in [0.3, 0.4) is 0 Å². The highest BCUT2D eigenvalue weighted by atomic mass is 16.6. The number of hydrogen-bond acceptors (Lipinski definition) is 5. The number of rotatable bonds is 7. The fourth-order valence-corrected chi connectivity index (χ4v) is 2.85. The molecule has 0 amide bonds. The minimum absolute atomic E-state index is 0.0206. The Hall–Kier alpha value is -4.11. The van der Waals surface area contributed by atoms with Gasteiger partial charge in [-0.05, 0) is 54.0 Å². The summed E-state index contributed by atoms with van der Waals surface area (Å²) in [5.74, 6) is 1.15. The molecule has 0 aliphatic heterocycles. The van der Waals surface area contributed by atoms with Crippen molar-refractivity contribution >= 4 is 17.3 Å². The van der Waals surface area contributed by atoms with Gasteiger partial charge in [-0.3, -0.25) is 10.1 Å². The van der Waals surface area contributed by atoms with Gasteiger partial charge in [-0.15, -0.1) is 0 Å². The number of hydrogen-bond donors (Lipinski definition) is 0. The molecule has 0 fully saturated rings. The van der Waals surface area contributed by atoms with Gasteiger partial charge in [0.1, 0.15) is 6.61 Å². The molecular weight excluding hydrogens is 380 g/mol. The second kappa shape index (κ2) is 9.39. The largest absolute Gasteiger partial charge is 0.493 e. The zero-order valence-corrected chi connectivity index (χ0v) is 16.7. The summed E-state index contributed by atoms with van der Waals surface area (Å²) in [5, 5.41) is 20.3. The maximum Gasteiger partial charge on any atom is 0.269 e. The van der Waals surface area contributed by atoms with Crippen molar-refractivity contribution in [1.82, 2.24) is 0 Å². The molecule has 0 aliphatic rings. The number of nitriles is 1. The van der Waals surface area contributed by atoms with Crippen LogP contribution in [0.25, 0.3) is 11.6 Å². The van der Waals surface area contributed by atoms with E-state index >= 15 is 0 Å². The van der Waals surface area contributed by atoms with Crippen LogP contribution in [-0.4, -0.2) is 12.0 Å². The summed E-state index contributed by atoms with van der Waals surface area (Å²) in [6.07, 6.45) is 1.70. The third kappa shape index (κ3) is 5.03. The highest BCUT2D eigenvalue weighted by molar-refractivity contribution is 5.90. The lowest BCUT2D eigenvalue weighted by Crippen LogP contribution is -1.98. The lowest BCUT2D eigenvalue weighted by molar-refractivity contribution is -0.384. The van der Waals surface area contributed by atoms with Gasteiger partial charge >= 0.3 is 0 Å². The summed E-state index contributed by atoms with van der Waals surface area (Å²) in [7, 11) is 1.56. The van der Waals surface area contributed by atoms with Crippen LogP contribution in [0.1, 0.15) is 22.3 Å². The van der Waals surface area contributed by atoms with Crippen LogP contribution in [0, 0.1) is 28.4 Å². The monoisotopic (exact) mass is 400 g/mol. The number of non-ortho nitro benzene ring substituents is 1. The van der Waals surface area contributed by atoms with Crippen LogP contribution in [0.5, 0.6) is 11.5 Å². The molecule has 0 saturated heterocycles. The lowest BCUT2D eigenvalue weighted by atomic mass is 10.0. The Balaban J connectivity index is 1.80. The number of nitro groups is 1. The maximum absolute atomic E-state index is 10.8. The lowest BCUT2D eigenvalue weighted by Gasteiger charge is -2.12. The van der Waals surface area contributed by atoms with Crippen molar-refractivity contribution in [2.45, 2.75) is 13.5 Å². The quantitative estimate of drug-likeness (QED) is 0.224. The predicted octanol–water partition coefficient (Wildman–Crippen LogP) is 5.56. The van der Waals surface area contributed by atoms with Crippen LogP contribution in [0.2, 0.25) is 0 Å². The first-order valence-electron chi connectivity index (χ1n) is 9.23. The van der Waals surface area contributed by atoms with Gasteiger partial charge in [-0.2, -0.15) is 5.26 Å². The first-order valence-corrected chi connectivity index (χ1v) is 9.23. The molecular formula is C24H20N2O4. The fraction of sp³-hybridized carbons (Fsp3) is 0.125. The molecule has 3 aromatic carbocycles. The molecule has 150 valence electrons. The number of benzene rings is 3. The van der Waals surface area contributed by atoms with Gasteiger partial charge in [0.2, 0.25) is 0 Å². The van der Waals surface area contributed by atoms with Crippen LogP contribution < -0.4 is 9.47 Å². The topological polar surface area (TPSA) is 85.4 Å². The summed E-state index contributed by atoms with van der Waals surface area (Å²) < 4.78 is 11.3. The predicted molar refractivity (Wildman–Crippen MR) is 115 cm³/mol. The molecule has 0 atom stereocenters. The Bertz CT molecular complexity index is 1110. The van der Waals surface area contributed by atoms with Crippen LogP contribution in [0.15, 0.2) is 66.7 Å². The zero-order valence-electron chi connectivity index (χ0n) is 16.7.